The predicted octanol–water partition coefficient (Wildman–Crippen LogP) is 3.27. The Bertz CT molecular complexity index is 637. The van der Waals surface area contributed by atoms with Crippen molar-refractivity contribution in [2.45, 2.75) is 30.2 Å². The van der Waals surface area contributed by atoms with Crippen LogP contribution in [0.15, 0.2) is 52.2 Å². The second-order valence-corrected chi connectivity index (χ2v) is 6.00. The fourth-order valence-electron chi connectivity index (χ4n) is 2.22. The molecule has 2 aromatic rings. The van der Waals surface area contributed by atoms with E-state index in [0.29, 0.717) is 12.8 Å². The third-order valence-corrected chi connectivity index (χ3v) is 4.20. The number of carbonyl (C=O) groups is 2. The Kier molecular flexibility index (Phi) is 6.29. The van der Waals surface area contributed by atoms with Crippen molar-refractivity contribution >= 4 is 23.6 Å². The highest BCUT2D eigenvalue weighted by Crippen LogP contribution is 2.21. The number of carboxylic acid groups (broad SMARTS) is 1. The van der Waals surface area contributed by atoms with E-state index in [-0.39, 0.29) is 12.3 Å². The number of amides is 1. The van der Waals surface area contributed by atoms with Crippen molar-refractivity contribution < 1.29 is 19.1 Å². The number of carbonyl (C=O) groups excluding carboxylic acids is 1. The van der Waals surface area contributed by atoms with Crippen LogP contribution in [0.5, 0.6) is 0 Å². The Balaban J connectivity index is 1.99. The molecule has 122 valence electrons. The average molecular weight is 333 g/mol. The number of aliphatic carboxylic acids is 1. The molecule has 0 spiro atoms. The number of furan rings is 1. The highest BCUT2D eigenvalue weighted by atomic mass is 32.2. The summed E-state index contributed by atoms with van der Waals surface area (Å²) in [6.45, 7) is 0. The molecule has 23 heavy (non-hydrogen) atoms. The molecule has 2 N–H and O–H groups in total. The zero-order valence-electron chi connectivity index (χ0n) is 12.8. The summed E-state index contributed by atoms with van der Waals surface area (Å²) in [6, 6.07) is 8.84. The van der Waals surface area contributed by atoms with Gasteiger partial charge in [-0.2, -0.15) is 0 Å². The summed E-state index contributed by atoms with van der Waals surface area (Å²) in [5.41, 5.74) is 1.74. The summed E-state index contributed by atoms with van der Waals surface area (Å²) in [5, 5.41) is 11.9. The van der Waals surface area contributed by atoms with Crippen molar-refractivity contribution in [3.05, 3.63) is 54.0 Å². The number of rotatable bonds is 8. The van der Waals surface area contributed by atoms with Gasteiger partial charge in [0, 0.05) is 11.3 Å². The van der Waals surface area contributed by atoms with Crippen molar-refractivity contribution in [2.75, 3.05) is 6.26 Å². The van der Waals surface area contributed by atoms with Gasteiger partial charge in [-0.25, -0.2) is 0 Å². The minimum atomic E-state index is -0.945. The van der Waals surface area contributed by atoms with E-state index in [4.69, 9.17) is 9.52 Å². The smallest absolute Gasteiger partial charge is 0.305 e. The van der Waals surface area contributed by atoms with E-state index in [1.54, 1.807) is 24.3 Å². The fourth-order valence-corrected chi connectivity index (χ4v) is 2.63. The molecule has 6 heteroatoms. The van der Waals surface area contributed by atoms with Gasteiger partial charge in [0.2, 0.25) is 5.91 Å². The Morgan fingerprint density at radius 2 is 2.00 bits per heavy atom. The lowest BCUT2D eigenvalue weighted by molar-refractivity contribution is -0.137. The molecule has 1 heterocycles. The van der Waals surface area contributed by atoms with E-state index >= 15 is 0 Å². The average Bonchev–Trinajstić information content (AvgIpc) is 3.05. The first-order valence-electron chi connectivity index (χ1n) is 7.24. The van der Waals surface area contributed by atoms with Crippen molar-refractivity contribution in [1.29, 1.82) is 0 Å². The second-order valence-electron chi connectivity index (χ2n) is 5.12. The van der Waals surface area contributed by atoms with E-state index in [1.165, 1.54) is 0 Å². The van der Waals surface area contributed by atoms with E-state index in [0.717, 1.165) is 16.0 Å². The van der Waals surface area contributed by atoms with Gasteiger partial charge in [0.1, 0.15) is 0 Å². The van der Waals surface area contributed by atoms with E-state index in [1.807, 2.05) is 36.6 Å². The quantitative estimate of drug-likeness (QED) is 0.725. The SMILES string of the molecule is CSc1ccc(C(CC(=O)O)NC(=O)CCc2ccoc2)cc1. The summed E-state index contributed by atoms with van der Waals surface area (Å²) in [4.78, 5) is 24.2. The lowest BCUT2D eigenvalue weighted by Crippen LogP contribution is -2.30. The summed E-state index contributed by atoms with van der Waals surface area (Å²) >= 11 is 1.61. The number of carboxylic acids is 1. The van der Waals surface area contributed by atoms with E-state index in [9.17, 15) is 9.59 Å². The molecule has 0 saturated carbocycles. The summed E-state index contributed by atoms with van der Waals surface area (Å²) in [7, 11) is 0. The Hall–Kier alpha value is -2.21. The van der Waals surface area contributed by atoms with Gasteiger partial charge in [-0.15, -0.1) is 11.8 Å². The summed E-state index contributed by atoms with van der Waals surface area (Å²) in [5.74, 6) is -1.12. The van der Waals surface area contributed by atoms with Crippen LogP contribution >= 0.6 is 11.8 Å². The van der Waals surface area contributed by atoms with Crippen molar-refractivity contribution in [2.24, 2.45) is 0 Å². The Morgan fingerprint density at radius 1 is 1.26 bits per heavy atom. The number of hydrogen-bond acceptors (Lipinski definition) is 4. The third kappa shape index (κ3) is 5.49. The summed E-state index contributed by atoms with van der Waals surface area (Å²) in [6.07, 6.45) is 5.85. The molecule has 2 rings (SSSR count). The van der Waals surface area contributed by atoms with Crippen LogP contribution in [0.1, 0.15) is 30.0 Å². The third-order valence-electron chi connectivity index (χ3n) is 3.45. The topological polar surface area (TPSA) is 79.5 Å². The molecule has 0 aliphatic heterocycles. The monoisotopic (exact) mass is 333 g/mol. The maximum Gasteiger partial charge on any atom is 0.305 e. The van der Waals surface area contributed by atoms with Crippen LogP contribution in [-0.2, 0) is 16.0 Å². The molecule has 1 amide bonds. The second kappa shape index (κ2) is 8.43. The molecular formula is C17H19NO4S. The highest BCUT2D eigenvalue weighted by Gasteiger charge is 2.18. The fraction of sp³-hybridized carbons (Fsp3) is 0.294. The van der Waals surface area contributed by atoms with Crippen molar-refractivity contribution in [3.8, 4) is 0 Å². The maximum absolute atomic E-state index is 12.1. The molecule has 0 aliphatic carbocycles. The van der Waals surface area contributed by atoms with Crippen LogP contribution < -0.4 is 5.32 Å². The molecule has 1 atom stereocenters. The molecular weight excluding hydrogens is 314 g/mol. The lowest BCUT2D eigenvalue weighted by Gasteiger charge is -2.17. The van der Waals surface area contributed by atoms with Crippen LogP contribution in [0.3, 0.4) is 0 Å². The zero-order valence-corrected chi connectivity index (χ0v) is 13.6. The van der Waals surface area contributed by atoms with E-state index < -0.39 is 12.0 Å². The molecule has 0 saturated heterocycles. The minimum Gasteiger partial charge on any atom is -0.481 e. The van der Waals surface area contributed by atoms with Gasteiger partial charge in [-0.3, -0.25) is 9.59 Å². The number of benzene rings is 1. The maximum atomic E-state index is 12.1. The minimum absolute atomic E-state index is 0.143. The molecule has 1 aromatic carbocycles. The molecule has 0 fully saturated rings. The van der Waals surface area contributed by atoms with Crippen LogP contribution in [0, 0.1) is 0 Å². The highest BCUT2D eigenvalue weighted by molar-refractivity contribution is 7.98. The van der Waals surface area contributed by atoms with Gasteiger partial charge in [-0.05, 0) is 42.0 Å². The largest absolute Gasteiger partial charge is 0.481 e. The van der Waals surface area contributed by atoms with Gasteiger partial charge in [0.15, 0.2) is 0 Å². The first kappa shape index (κ1) is 17.1. The van der Waals surface area contributed by atoms with Gasteiger partial charge >= 0.3 is 5.97 Å². The van der Waals surface area contributed by atoms with Crippen molar-refractivity contribution in [3.63, 3.8) is 0 Å². The van der Waals surface area contributed by atoms with Gasteiger partial charge in [0.25, 0.3) is 0 Å². The van der Waals surface area contributed by atoms with Gasteiger partial charge < -0.3 is 14.8 Å². The zero-order chi connectivity index (χ0) is 16.7. The number of thioether (sulfide) groups is 1. The number of nitrogens with one attached hydrogen (secondary N) is 1. The van der Waals surface area contributed by atoms with Crippen LogP contribution in [0.2, 0.25) is 0 Å². The van der Waals surface area contributed by atoms with Crippen LogP contribution in [-0.4, -0.2) is 23.2 Å². The van der Waals surface area contributed by atoms with Crippen LogP contribution in [0.4, 0.5) is 0 Å². The Morgan fingerprint density at radius 3 is 2.57 bits per heavy atom. The molecule has 0 radical (unpaired) electrons. The molecule has 1 aromatic heterocycles. The Labute approximate surface area is 139 Å². The standard InChI is InChI=1S/C17H19NO4S/c1-23-14-5-3-13(4-6-14)15(10-17(20)21)18-16(19)7-2-12-8-9-22-11-12/h3-6,8-9,11,15H,2,7,10H2,1H3,(H,18,19)(H,20,21). The van der Waals surface area contributed by atoms with Gasteiger partial charge in [0.05, 0.1) is 25.0 Å². The molecule has 5 nitrogen and oxygen atoms in total. The van der Waals surface area contributed by atoms with Crippen LogP contribution in [0.25, 0.3) is 0 Å². The first-order valence-corrected chi connectivity index (χ1v) is 8.47. The molecule has 0 bridgehead atoms. The predicted molar refractivity (Wildman–Crippen MR) is 88.4 cm³/mol. The number of hydrogen-bond donors (Lipinski definition) is 2. The normalized spacial score (nSPS) is 11.9. The summed E-state index contributed by atoms with van der Waals surface area (Å²) < 4.78 is 4.96. The molecule has 1 unspecified atom stereocenters. The molecule has 0 aliphatic rings. The van der Waals surface area contributed by atoms with E-state index in [2.05, 4.69) is 5.32 Å². The van der Waals surface area contributed by atoms with Gasteiger partial charge in [-0.1, -0.05) is 12.1 Å². The first-order chi connectivity index (χ1) is 11.1. The lowest BCUT2D eigenvalue weighted by atomic mass is 10.0. The van der Waals surface area contributed by atoms with Crippen molar-refractivity contribution in [1.82, 2.24) is 5.32 Å². The number of aryl methyl sites for hydroxylation is 1.